The standard InChI is InChI=1S/C14H20F2N2O2/c1-14(20,9-18(2)3)8-17-13(19)7-10-4-5-11(15)12(16)6-10/h4-6,20H,7-9H2,1-3H3,(H,17,19). The Bertz CT molecular complexity index is 476. The molecule has 0 bridgehead atoms. The molecule has 0 saturated carbocycles. The van der Waals surface area contributed by atoms with Crippen LogP contribution in [-0.2, 0) is 11.2 Å². The third-order valence-corrected chi connectivity index (χ3v) is 2.67. The van der Waals surface area contributed by atoms with E-state index < -0.39 is 17.2 Å². The maximum Gasteiger partial charge on any atom is 0.224 e. The summed E-state index contributed by atoms with van der Waals surface area (Å²) in [5.74, 6) is -2.27. The van der Waals surface area contributed by atoms with E-state index in [1.807, 2.05) is 19.0 Å². The quantitative estimate of drug-likeness (QED) is 0.818. The first-order valence-corrected chi connectivity index (χ1v) is 6.27. The van der Waals surface area contributed by atoms with Crippen molar-refractivity contribution in [3.8, 4) is 0 Å². The lowest BCUT2D eigenvalue weighted by Crippen LogP contribution is -2.47. The minimum atomic E-state index is -1.05. The molecule has 1 aromatic carbocycles. The fourth-order valence-corrected chi connectivity index (χ4v) is 1.92. The van der Waals surface area contributed by atoms with Gasteiger partial charge in [-0.1, -0.05) is 6.07 Å². The number of aliphatic hydroxyl groups is 1. The molecule has 1 unspecified atom stereocenters. The van der Waals surface area contributed by atoms with Gasteiger partial charge in [-0.2, -0.15) is 0 Å². The number of rotatable bonds is 6. The van der Waals surface area contributed by atoms with Crippen LogP contribution in [0.25, 0.3) is 0 Å². The van der Waals surface area contributed by atoms with Gasteiger partial charge in [-0.3, -0.25) is 4.79 Å². The van der Waals surface area contributed by atoms with E-state index in [1.165, 1.54) is 6.07 Å². The van der Waals surface area contributed by atoms with Crippen LogP contribution in [0.3, 0.4) is 0 Å². The van der Waals surface area contributed by atoms with Crippen LogP contribution in [0.15, 0.2) is 18.2 Å². The average Bonchev–Trinajstić information content (AvgIpc) is 2.30. The number of benzene rings is 1. The van der Waals surface area contributed by atoms with Crippen molar-refractivity contribution in [2.45, 2.75) is 18.9 Å². The molecule has 4 nitrogen and oxygen atoms in total. The lowest BCUT2D eigenvalue weighted by Gasteiger charge is -2.27. The summed E-state index contributed by atoms with van der Waals surface area (Å²) in [4.78, 5) is 13.5. The number of hydrogen-bond donors (Lipinski definition) is 2. The first-order valence-electron chi connectivity index (χ1n) is 6.27. The highest BCUT2D eigenvalue weighted by Crippen LogP contribution is 2.09. The molecule has 1 rings (SSSR count). The van der Waals surface area contributed by atoms with Crippen molar-refractivity contribution in [1.29, 1.82) is 0 Å². The third kappa shape index (κ3) is 5.63. The molecule has 1 aromatic rings. The number of carbonyl (C=O) groups is 1. The largest absolute Gasteiger partial charge is 0.387 e. The minimum Gasteiger partial charge on any atom is -0.387 e. The highest BCUT2D eigenvalue weighted by Gasteiger charge is 2.22. The maximum absolute atomic E-state index is 13.0. The number of carbonyl (C=O) groups excluding carboxylic acids is 1. The Hall–Kier alpha value is -1.53. The van der Waals surface area contributed by atoms with Crippen molar-refractivity contribution < 1.29 is 18.7 Å². The zero-order chi connectivity index (χ0) is 15.3. The van der Waals surface area contributed by atoms with Crippen LogP contribution in [0.1, 0.15) is 12.5 Å². The van der Waals surface area contributed by atoms with E-state index in [0.717, 1.165) is 12.1 Å². The summed E-state index contributed by atoms with van der Waals surface area (Å²) in [5.41, 5.74) is -0.665. The zero-order valence-electron chi connectivity index (χ0n) is 11.9. The number of hydrogen-bond acceptors (Lipinski definition) is 3. The lowest BCUT2D eigenvalue weighted by molar-refractivity contribution is -0.121. The smallest absolute Gasteiger partial charge is 0.224 e. The Kier molecular flexibility index (Phi) is 5.59. The summed E-state index contributed by atoms with van der Waals surface area (Å²) in [6.45, 7) is 2.11. The Morgan fingerprint density at radius 2 is 2.00 bits per heavy atom. The van der Waals surface area contributed by atoms with Crippen LogP contribution < -0.4 is 5.32 Å². The summed E-state index contributed by atoms with van der Waals surface area (Å²) in [5, 5.41) is 12.6. The van der Waals surface area contributed by atoms with Crippen LogP contribution >= 0.6 is 0 Å². The molecule has 0 aliphatic carbocycles. The first-order chi connectivity index (χ1) is 9.19. The Morgan fingerprint density at radius 1 is 1.35 bits per heavy atom. The molecular formula is C14H20F2N2O2. The monoisotopic (exact) mass is 286 g/mol. The summed E-state index contributed by atoms with van der Waals surface area (Å²) in [7, 11) is 3.63. The Morgan fingerprint density at radius 3 is 2.55 bits per heavy atom. The van der Waals surface area contributed by atoms with Crippen LogP contribution in [-0.4, -0.2) is 48.7 Å². The molecule has 0 saturated heterocycles. The summed E-state index contributed by atoms with van der Waals surface area (Å²) in [6.07, 6.45) is -0.0603. The second-order valence-corrected chi connectivity index (χ2v) is 5.44. The number of amides is 1. The molecule has 0 fully saturated rings. The molecular weight excluding hydrogens is 266 g/mol. The van der Waals surface area contributed by atoms with Crippen molar-refractivity contribution >= 4 is 5.91 Å². The topological polar surface area (TPSA) is 52.6 Å². The van der Waals surface area contributed by atoms with Crippen molar-refractivity contribution in [2.75, 3.05) is 27.2 Å². The average molecular weight is 286 g/mol. The van der Waals surface area contributed by atoms with Gasteiger partial charge in [0.25, 0.3) is 0 Å². The van der Waals surface area contributed by atoms with E-state index in [2.05, 4.69) is 5.32 Å². The first kappa shape index (κ1) is 16.5. The van der Waals surface area contributed by atoms with Gasteiger partial charge in [0.2, 0.25) is 5.91 Å². The Labute approximate surface area is 117 Å². The van der Waals surface area contributed by atoms with Gasteiger partial charge < -0.3 is 15.3 Å². The fraction of sp³-hybridized carbons (Fsp3) is 0.500. The molecule has 0 aliphatic rings. The normalized spacial score (nSPS) is 14.2. The van der Waals surface area contributed by atoms with Gasteiger partial charge in [0.1, 0.15) is 0 Å². The van der Waals surface area contributed by atoms with E-state index in [0.29, 0.717) is 12.1 Å². The van der Waals surface area contributed by atoms with E-state index >= 15 is 0 Å². The molecule has 6 heteroatoms. The number of halogens is 2. The molecule has 0 aromatic heterocycles. The molecule has 0 heterocycles. The second kappa shape index (κ2) is 6.76. The molecule has 0 radical (unpaired) electrons. The molecule has 112 valence electrons. The van der Waals surface area contributed by atoms with Gasteiger partial charge in [-0.15, -0.1) is 0 Å². The summed E-state index contributed by atoms with van der Waals surface area (Å²) in [6, 6.07) is 3.34. The SMILES string of the molecule is CN(C)CC(C)(O)CNC(=O)Cc1ccc(F)c(F)c1. The molecule has 0 aliphatic heterocycles. The van der Waals surface area contributed by atoms with Gasteiger partial charge in [0, 0.05) is 13.1 Å². The predicted octanol–water partition coefficient (Wildman–Crippen LogP) is 0.936. The highest BCUT2D eigenvalue weighted by atomic mass is 19.2. The van der Waals surface area contributed by atoms with Gasteiger partial charge >= 0.3 is 0 Å². The van der Waals surface area contributed by atoms with Crippen LogP contribution in [0.5, 0.6) is 0 Å². The fourth-order valence-electron chi connectivity index (χ4n) is 1.92. The van der Waals surface area contributed by atoms with Crippen LogP contribution in [0, 0.1) is 11.6 Å². The number of likely N-dealkylation sites (N-methyl/N-ethyl adjacent to an activating group) is 1. The van der Waals surface area contributed by atoms with Crippen molar-refractivity contribution in [3.63, 3.8) is 0 Å². The minimum absolute atomic E-state index is 0.0603. The maximum atomic E-state index is 13.0. The van der Waals surface area contributed by atoms with Crippen molar-refractivity contribution in [3.05, 3.63) is 35.4 Å². The third-order valence-electron chi connectivity index (χ3n) is 2.67. The number of nitrogens with one attached hydrogen (secondary N) is 1. The molecule has 0 spiro atoms. The van der Waals surface area contributed by atoms with E-state index in [9.17, 15) is 18.7 Å². The molecule has 20 heavy (non-hydrogen) atoms. The predicted molar refractivity (Wildman–Crippen MR) is 72.2 cm³/mol. The van der Waals surface area contributed by atoms with Crippen LogP contribution in [0.2, 0.25) is 0 Å². The second-order valence-electron chi connectivity index (χ2n) is 5.44. The van der Waals surface area contributed by atoms with E-state index in [4.69, 9.17) is 0 Å². The summed E-state index contributed by atoms with van der Waals surface area (Å²) < 4.78 is 25.7. The molecule has 1 atom stereocenters. The lowest BCUT2D eigenvalue weighted by atomic mass is 10.1. The van der Waals surface area contributed by atoms with E-state index in [1.54, 1.807) is 6.92 Å². The Balaban J connectivity index is 2.49. The number of nitrogens with zero attached hydrogens (tertiary/aromatic N) is 1. The molecule has 2 N–H and O–H groups in total. The van der Waals surface area contributed by atoms with E-state index in [-0.39, 0.29) is 18.9 Å². The van der Waals surface area contributed by atoms with Crippen LogP contribution in [0.4, 0.5) is 8.78 Å². The summed E-state index contributed by atoms with van der Waals surface area (Å²) >= 11 is 0. The van der Waals surface area contributed by atoms with Crippen molar-refractivity contribution in [2.24, 2.45) is 0 Å². The van der Waals surface area contributed by atoms with Gasteiger partial charge in [0.15, 0.2) is 11.6 Å². The van der Waals surface area contributed by atoms with Gasteiger partial charge in [-0.05, 0) is 38.7 Å². The van der Waals surface area contributed by atoms with Gasteiger partial charge in [-0.25, -0.2) is 8.78 Å². The zero-order valence-corrected chi connectivity index (χ0v) is 11.9. The molecule has 1 amide bonds. The van der Waals surface area contributed by atoms with Crippen molar-refractivity contribution in [1.82, 2.24) is 10.2 Å². The highest BCUT2D eigenvalue weighted by molar-refractivity contribution is 5.78. The van der Waals surface area contributed by atoms with Gasteiger partial charge in [0.05, 0.1) is 12.0 Å².